The van der Waals surface area contributed by atoms with Gasteiger partial charge in [-0.05, 0) is 44.0 Å². The Morgan fingerprint density at radius 2 is 2.08 bits per heavy atom. The van der Waals surface area contributed by atoms with Gasteiger partial charge in [-0.3, -0.25) is 9.48 Å². The third-order valence-electron chi connectivity index (χ3n) is 4.84. The number of hydrogen-bond acceptors (Lipinski definition) is 3. The van der Waals surface area contributed by atoms with Crippen LogP contribution in [0.3, 0.4) is 0 Å². The third-order valence-corrected chi connectivity index (χ3v) is 4.84. The Balaban J connectivity index is 1.75. The maximum absolute atomic E-state index is 13.5. The highest BCUT2D eigenvalue weighted by molar-refractivity contribution is 6.07. The predicted octanol–water partition coefficient (Wildman–Crippen LogP) is 3.31. The SMILES string of the molecule is Cc1cc(C(=O)N2CCC2c2cccc(F)c2)c2c(C)nn(C)c2n1. The molecule has 0 N–H and O–H groups in total. The van der Waals surface area contributed by atoms with Gasteiger partial charge in [0.25, 0.3) is 5.91 Å². The summed E-state index contributed by atoms with van der Waals surface area (Å²) in [4.78, 5) is 19.5. The van der Waals surface area contributed by atoms with Gasteiger partial charge >= 0.3 is 0 Å². The summed E-state index contributed by atoms with van der Waals surface area (Å²) in [5.41, 5.74) is 3.74. The molecule has 128 valence electrons. The van der Waals surface area contributed by atoms with Gasteiger partial charge in [0.2, 0.25) is 0 Å². The molecule has 1 unspecified atom stereocenters. The first kappa shape index (κ1) is 15.7. The highest BCUT2D eigenvalue weighted by atomic mass is 19.1. The van der Waals surface area contributed by atoms with Crippen LogP contribution in [0.5, 0.6) is 0 Å². The number of amides is 1. The van der Waals surface area contributed by atoms with Crippen LogP contribution in [0.1, 0.15) is 39.8 Å². The minimum atomic E-state index is -0.276. The van der Waals surface area contributed by atoms with E-state index in [1.165, 1.54) is 12.1 Å². The average Bonchev–Trinajstić information content (AvgIpc) is 2.80. The van der Waals surface area contributed by atoms with Gasteiger partial charge in [0, 0.05) is 19.3 Å². The number of aryl methyl sites for hydroxylation is 3. The molecule has 25 heavy (non-hydrogen) atoms. The van der Waals surface area contributed by atoms with E-state index in [9.17, 15) is 9.18 Å². The topological polar surface area (TPSA) is 51.0 Å². The molecule has 1 saturated heterocycles. The molecule has 3 heterocycles. The summed E-state index contributed by atoms with van der Waals surface area (Å²) in [5, 5.41) is 5.19. The Hall–Kier alpha value is -2.76. The van der Waals surface area contributed by atoms with Crippen LogP contribution in [0.2, 0.25) is 0 Å². The Morgan fingerprint density at radius 3 is 2.76 bits per heavy atom. The molecule has 4 rings (SSSR count). The van der Waals surface area contributed by atoms with E-state index >= 15 is 0 Å². The molecule has 3 aromatic rings. The summed E-state index contributed by atoms with van der Waals surface area (Å²) >= 11 is 0. The number of aromatic nitrogens is 3. The summed E-state index contributed by atoms with van der Waals surface area (Å²) in [7, 11) is 1.83. The Labute approximate surface area is 145 Å². The fourth-order valence-corrected chi connectivity index (χ4v) is 3.58. The van der Waals surface area contributed by atoms with Crippen LogP contribution in [0.25, 0.3) is 11.0 Å². The molecule has 2 aromatic heterocycles. The van der Waals surface area contributed by atoms with Crippen LogP contribution in [0.15, 0.2) is 30.3 Å². The minimum absolute atomic E-state index is 0.0490. The zero-order valence-corrected chi connectivity index (χ0v) is 14.5. The molecule has 1 fully saturated rings. The number of benzene rings is 1. The summed E-state index contributed by atoms with van der Waals surface area (Å²) in [6.45, 7) is 4.43. The van der Waals surface area contributed by atoms with Crippen molar-refractivity contribution in [1.29, 1.82) is 0 Å². The molecule has 0 radical (unpaired) electrons. The van der Waals surface area contributed by atoms with Crippen molar-refractivity contribution in [2.24, 2.45) is 7.05 Å². The van der Waals surface area contributed by atoms with Gasteiger partial charge in [-0.25, -0.2) is 9.37 Å². The third kappa shape index (κ3) is 2.49. The first-order valence-corrected chi connectivity index (χ1v) is 8.33. The number of hydrogen-bond donors (Lipinski definition) is 0. The first-order valence-electron chi connectivity index (χ1n) is 8.33. The van der Waals surface area contributed by atoms with Crippen LogP contribution in [-0.4, -0.2) is 32.1 Å². The molecular formula is C19H19FN4O. The molecule has 1 atom stereocenters. The van der Waals surface area contributed by atoms with E-state index < -0.39 is 0 Å². The van der Waals surface area contributed by atoms with Crippen LogP contribution in [0, 0.1) is 19.7 Å². The van der Waals surface area contributed by atoms with Gasteiger partial charge in [0.15, 0.2) is 5.65 Å². The molecular weight excluding hydrogens is 319 g/mol. The van der Waals surface area contributed by atoms with Gasteiger partial charge in [-0.15, -0.1) is 0 Å². The zero-order valence-electron chi connectivity index (χ0n) is 14.5. The summed E-state index contributed by atoms with van der Waals surface area (Å²) in [6, 6.07) is 8.22. The van der Waals surface area contributed by atoms with E-state index in [4.69, 9.17) is 0 Å². The van der Waals surface area contributed by atoms with Crippen molar-refractivity contribution < 1.29 is 9.18 Å². The highest BCUT2D eigenvalue weighted by Crippen LogP contribution is 2.36. The van der Waals surface area contributed by atoms with Crippen LogP contribution >= 0.6 is 0 Å². The lowest BCUT2D eigenvalue weighted by Gasteiger charge is -2.41. The second-order valence-electron chi connectivity index (χ2n) is 6.58. The molecule has 1 amide bonds. The minimum Gasteiger partial charge on any atom is -0.331 e. The number of carbonyl (C=O) groups excluding carboxylic acids is 1. The number of fused-ring (bicyclic) bond motifs is 1. The number of rotatable bonds is 2. The average molecular weight is 338 g/mol. The van der Waals surface area contributed by atoms with Crippen molar-refractivity contribution in [3.05, 3.63) is 58.7 Å². The largest absolute Gasteiger partial charge is 0.331 e. The monoisotopic (exact) mass is 338 g/mol. The number of pyridine rings is 1. The quantitative estimate of drug-likeness (QED) is 0.720. The first-order chi connectivity index (χ1) is 12.0. The number of halogens is 1. The standard InChI is InChI=1S/C19H19FN4O/c1-11-9-15(17-12(2)22-23(3)18(17)21-11)19(25)24-8-7-16(24)13-5-4-6-14(20)10-13/h4-6,9-10,16H,7-8H2,1-3H3. The molecule has 6 heteroatoms. The van der Waals surface area contributed by atoms with Gasteiger partial charge < -0.3 is 4.90 Å². The van der Waals surface area contributed by atoms with Crippen molar-refractivity contribution in [3.8, 4) is 0 Å². The molecule has 1 aliphatic rings. The number of nitrogens with zero attached hydrogens (tertiary/aromatic N) is 4. The maximum Gasteiger partial charge on any atom is 0.255 e. The molecule has 0 saturated carbocycles. The van der Waals surface area contributed by atoms with Crippen molar-refractivity contribution in [2.75, 3.05) is 6.54 Å². The van der Waals surface area contributed by atoms with Crippen molar-refractivity contribution in [1.82, 2.24) is 19.7 Å². The fraction of sp³-hybridized carbons (Fsp3) is 0.316. The van der Waals surface area contributed by atoms with Gasteiger partial charge in [0.1, 0.15) is 5.82 Å². The predicted molar refractivity (Wildman–Crippen MR) is 92.8 cm³/mol. The Bertz CT molecular complexity index is 994. The summed E-state index contributed by atoms with van der Waals surface area (Å²) < 4.78 is 15.2. The van der Waals surface area contributed by atoms with E-state index in [1.54, 1.807) is 15.6 Å². The van der Waals surface area contributed by atoms with Crippen molar-refractivity contribution in [3.63, 3.8) is 0 Å². The Kier molecular flexibility index (Phi) is 3.56. The Morgan fingerprint density at radius 1 is 1.28 bits per heavy atom. The molecule has 1 aromatic carbocycles. The van der Waals surface area contributed by atoms with E-state index in [1.807, 2.05) is 33.0 Å². The van der Waals surface area contributed by atoms with Crippen LogP contribution < -0.4 is 0 Å². The normalized spacial score (nSPS) is 17.0. The van der Waals surface area contributed by atoms with Crippen molar-refractivity contribution in [2.45, 2.75) is 26.3 Å². The zero-order chi connectivity index (χ0) is 17.7. The molecule has 0 spiro atoms. The van der Waals surface area contributed by atoms with Crippen LogP contribution in [-0.2, 0) is 7.05 Å². The molecule has 5 nitrogen and oxygen atoms in total. The smallest absolute Gasteiger partial charge is 0.255 e. The second-order valence-corrected chi connectivity index (χ2v) is 6.58. The van der Waals surface area contributed by atoms with Gasteiger partial charge in [-0.2, -0.15) is 5.10 Å². The van der Waals surface area contributed by atoms with E-state index in [-0.39, 0.29) is 17.8 Å². The molecule has 1 aliphatic heterocycles. The molecule has 0 bridgehead atoms. The van der Waals surface area contributed by atoms with E-state index in [0.717, 1.165) is 28.8 Å². The highest BCUT2D eigenvalue weighted by Gasteiger charge is 2.35. The van der Waals surface area contributed by atoms with Crippen LogP contribution in [0.4, 0.5) is 4.39 Å². The lowest BCUT2D eigenvalue weighted by molar-refractivity contribution is 0.0461. The van der Waals surface area contributed by atoms with Crippen molar-refractivity contribution >= 4 is 16.9 Å². The maximum atomic E-state index is 13.5. The summed E-state index contributed by atoms with van der Waals surface area (Å²) in [5.74, 6) is -0.325. The summed E-state index contributed by atoms with van der Waals surface area (Å²) in [6.07, 6.45) is 0.842. The van der Waals surface area contributed by atoms with E-state index in [2.05, 4.69) is 10.1 Å². The lowest BCUT2D eigenvalue weighted by atomic mass is 9.93. The number of likely N-dealkylation sites (tertiary alicyclic amines) is 1. The van der Waals surface area contributed by atoms with Gasteiger partial charge in [0.05, 0.1) is 22.7 Å². The number of carbonyl (C=O) groups is 1. The van der Waals surface area contributed by atoms with Gasteiger partial charge in [-0.1, -0.05) is 12.1 Å². The fourth-order valence-electron chi connectivity index (χ4n) is 3.58. The lowest BCUT2D eigenvalue weighted by Crippen LogP contribution is -2.45. The van der Waals surface area contributed by atoms with E-state index in [0.29, 0.717) is 17.8 Å². The second kappa shape index (κ2) is 5.65. The molecule has 0 aliphatic carbocycles.